The summed E-state index contributed by atoms with van der Waals surface area (Å²) in [7, 11) is 0. The van der Waals surface area contributed by atoms with Crippen LogP contribution in [0.25, 0.3) is 6.08 Å². The summed E-state index contributed by atoms with van der Waals surface area (Å²) in [5.74, 6) is 0.161. The smallest absolute Gasteiger partial charge is 0.330 e. The van der Waals surface area contributed by atoms with Crippen molar-refractivity contribution in [2.24, 2.45) is 5.92 Å². The van der Waals surface area contributed by atoms with Gasteiger partial charge in [-0.3, -0.25) is 4.90 Å². The monoisotopic (exact) mass is 349 g/mol. The van der Waals surface area contributed by atoms with Gasteiger partial charge in [0.05, 0.1) is 6.61 Å². The molecule has 3 nitrogen and oxygen atoms in total. The van der Waals surface area contributed by atoms with Crippen LogP contribution in [-0.4, -0.2) is 37.1 Å². The molecule has 3 heteroatoms. The second-order valence-corrected chi connectivity index (χ2v) is 6.93. The van der Waals surface area contributed by atoms with Gasteiger partial charge < -0.3 is 4.74 Å². The zero-order valence-corrected chi connectivity index (χ0v) is 15.2. The van der Waals surface area contributed by atoms with E-state index in [-0.39, 0.29) is 5.97 Å². The lowest BCUT2D eigenvalue weighted by atomic mass is 9.98. The summed E-state index contributed by atoms with van der Waals surface area (Å²) in [6.07, 6.45) is 17.5. The van der Waals surface area contributed by atoms with Crippen molar-refractivity contribution in [2.45, 2.75) is 19.3 Å². The fraction of sp³-hybridized carbons (Fsp3) is 0.348. The summed E-state index contributed by atoms with van der Waals surface area (Å²) in [6.45, 7) is 3.58. The van der Waals surface area contributed by atoms with Crippen molar-refractivity contribution in [3.8, 4) is 0 Å². The summed E-state index contributed by atoms with van der Waals surface area (Å²) in [5.41, 5.74) is 2.36. The number of nitrogens with zero attached hydrogens (tertiary/aromatic N) is 1. The Morgan fingerprint density at radius 2 is 2.12 bits per heavy atom. The van der Waals surface area contributed by atoms with Crippen LogP contribution in [0.15, 0.2) is 72.4 Å². The molecule has 0 amide bonds. The van der Waals surface area contributed by atoms with Gasteiger partial charge in [-0.25, -0.2) is 4.79 Å². The van der Waals surface area contributed by atoms with Crippen LogP contribution in [0.1, 0.15) is 24.8 Å². The third-order valence-electron chi connectivity index (χ3n) is 4.73. The number of allylic oxidation sites excluding steroid dienone is 4. The third kappa shape index (κ3) is 6.16. The molecular weight excluding hydrogens is 322 g/mol. The summed E-state index contributed by atoms with van der Waals surface area (Å²) >= 11 is 0. The van der Waals surface area contributed by atoms with Crippen LogP contribution in [0.4, 0.5) is 0 Å². The second kappa shape index (κ2) is 9.93. The van der Waals surface area contributed by atoms with Gasteiger partial charge in [-0.2, -0.15) is 0 Å². The topological polar surface area (TPSA) is 29.5 Å². The van der Waals surface area contributed by atoms with Gasteiger partial charge in [0.15, 0.2) is 0 Å². The average Bonchev–Trinajstić information content (AvgIpc) is 2.94. The molecule has 0 aromatic heterocycles. The molecule has 1 aliphatic carbocycles. The van der Waals surface area contributed by atoms with E-state index >= 15 is 0 Å². The lowest BCUT2D eigenvalue weighted by Crippen LogP contribution is -2.38. The van der Waals surface area contributed by atoms with E-state index < -0.39 is 0 Å². The quantitative estimate of drug-likeness (QED) is 0.563. The normalized spacial score (nSPS) is 20.8. The predicted octanol–water partition coefficient (Wildman–Crippen LogP) is 4.40. The van der Waals surface area contributed by atoms with Crippen LogP contribution >= 0.6 is 0 Å². The lowest BCUT2D eigenvalue weighted by Gasteiger charge is -2.32. The zero-order valence-electron chi connectivity index (χ0n) is 15.2. The highest BCUT2D eigenvalue weighted by Crippen LogP contribution is 2.19. The summed E-state index contributed by atoms with van der Waals surface area (Å²) in [4.78, 5) is 14.4. The minimum Gasteiger partial charge on any atom is -0.462 e. The van der Waals surface area contributed by atoms with Gasteiger partial charge >= 0.3 is 5.97 Å². The number of benzene rings is 1. The van der Waals surface area contributed by atoms with Gasteiger partial charge in [-0.1, -0.05) is 60.7 Å². The summed E-state index contributed by atoms with van der Waals surface area (Å²) < 4.78 is 5.47. The summed E-state index contributed by atoms with van der Waals surface area (Å²) in [5, 5.41) is 0. The summed E-state index contributed by atoms with van der Waals surface area (Å²) in [6, 6.07) is 9.80. The Bertz CT molecular complexity index is 700. The molecule has 1 saturated heterocycles. The minimum atomic E-state index is -0.259. The first-order valence-electron chi connectivity index (χ1n) is 9.44. The fourth-order valence-corrected chi connectivity index (χ4v) is 3.39. The minimum absolute atomic E-state index is 0.259. The molecule has 0 N–H and O–H groups in total. The number of piperidine rings is 1. The molecule has 0 radical (unpaired) electrons. The maximum atomic E-state index is 11.9. The van der Waals surface area contributed by atoms with Crippen molar-refractivity contribution in [1.82, 2.24) is 4.90 Å². The zero-order chi connectivity index (χ0) is 18.0. The van der Waals surface area contributed by atoms with E-state index in [9.17, 15) is 4.79 Å². The molecule has 1 aliphatic heterocycles. The highest BCUT2D eigenvalue weighted by Gasteiger charge is 2.21. The number of carbonyl (C=O) groups is 1. The predicted molar refractivity (Wildman–Crippen MR) is 107 cm³/mol. The molecule has 1 aromatic rings. The molecule has 136 valence electrons. The Balaban J connectivity index is 1.43. The SMILES string of the molecule is O=C(/C=C/c1ccccc1)OCC1CCCN(CC2=CC=CCC=C2)C1. The number of hydrogen-bond donors (Lipinski definition) is 0. The van der Waals surface area contributed by atoms with Crippen LogP contribution in [-0.2, 0) is 9.53 Å². The average molecular weight is 349 g/mol. The van der Waals surface area contributed by atoms with E-state index in [2.05, 4.69) is 35.3 Å². The molecule has 0 saturated carbocycles. The van der Waals surface area contributed by atoms with Crippen molar-refractivity contribution >= 4 is 12.0 Å². The molecule has 1 atom stereocenters. The van der Waals surface area contributed by atoms with E-state index in [0.717, 1.165) is 44.5 Å². The standard InChI is InChI=1S/C23H27NO2/c25-23(15-14-20-9-6-3-7-10-20)26-19-22-13-8-16-24(18-22)17-21-11-4-1-2-5-12-21/h1,3-7,9-12,14-15,22H,2,8,13,16-19H2/b15-14+. The lowest BCUT2D eigenvalue weighted by molar-refractivity contribution is -0.139. The Morgan fingerprint density at radius 3 is 3.00 bits per heavy atom. The van der Waals surface area contributed by atoms with E-state index in [0.29, 0.717) is 12.5 Å². The number of esters is 1. The molecule has 26 heavy (non-hydrogen) atoms. The van der Waals surface area contributed by atoms with Gasteiger partial charge in [0.2, 0.25) is 0 Å². The van der Waals surface area contributed by atoms with Crippen LogP contribution < -0.4 is 0 Å². The molecule has 0 spiro atoms. The Hall–Kier alpha value is -2.39. The molecule has 2 aliphatic rings. The number of likely N-dealkylation sites (tertiary alicyclic amines) is 1. The van der Waals surface area contributed by atoms with E-state index in [1.165, 1.54) is 11.6 Å². The van der Waals surface area contributed by atoms with E-state index in [1.807, 2.05) is 30.3 Å². The van der Waals surface area contributed by atoms with Crippen molar-refractivity contribution in [2.75, 3.05) is 26.2 Å². The molecule has 1 aromatic carbocycles. The van der Waals surface area contributed by atoms with Crippen molar-refractivity contribution < 1.29 is 9.53 Å². The maximum absolute atomic E-state index is 11.9. The first kappa shape index (κ1) is 18.4. The van der Waals surface area contributed by atoms with Gasteiger partial charge in [-0.15, -0.1) is 0 Å². The first-order valence-corrected chi connectivity index (χ1v) is 9.44. The number of ether oxygens (including phenoxy) is 1. The van der Waals surface area contributed by atoms with E-state index in [1.54, 1.807) is 6.08 Å². The fourth-order valence-electron chi connectivity index (χ4n) is 3.39. The van der Waals surface area contributed by atoms with Gasteiger partial charge in [0.25, 0.3) is 0 Å². The third-order valence-corrected chi connectivity index (χ3v) is 4.73. The van der Waals surface area contributed by atoms with Crippen LogP contribution in [0, 0.1) is 5.92 Å². The second-order valence-electron chi connectivity index (χ2n) is 6.93. The largest absolute Gasteiger partial charge is 0.462 e. The van der Waals surface area contributed by atoms with Gasteiger partial charge in [0, 0.05) is 25.1 Å². The number of hydrogen-bond acceptors (Lipinski definition) is 3. The maximum Gasteiger partial charge on any atom is 0.330 e. The molecule has 3 rings (SSSR count). The Kier molecular flexibility index (Phi) is 7.03. The molecule has 1 unspecified atom stereocenters. The Morgan fingerprint density at radius 1 is 1.23 bits per heavy atom. The first-order chi connectivity index (χ1) is 12.8. The molecule has 1 heterocycles. The van der Waals surface area contributed by atoms with E-state index in [4.69, 9.17) is 4.74 Å². The number of rotatable bonds is 6. The highest BCUT2D eigenvalue weighted by molar-refractivity contribution is 5.87. The van der Waals surface area contributed by atoms with Crippen LogP contribution in [0.2, 0.25) is 0 Å². The van der Waals surface area contributed by atoms with Gasteiger partial charge in [-0.05, 0) is 43.0 Å². The van der Waals surface area contributed by atoms with Crippen molar-refractivity contribution in [1.29, 1.82) is 0 Å². The molecule has 0 bridgehead atoms. The van der Waals surface area contributed by atoms with Crippen LogP contribution in [0.3, 0.4) is 0 Å². The highest BCUT2D eigenvalue weighted by atomic mass is 16.5. The Labute approximate surface area is 156 Å². The number of carbonyl (C=O) groups excluding carboxylic acids is 1. The van der Waals surface area contributed by atoms with Crippen molar-refractivity contribution in [3.05, 3.63) is 77.9 Å². The van der Waals surface area contributed by atoms with Crippen molar-refractivity contribution in [3.63, 3.8) is 0 Å². The molecular formula is C23H27NO2. The molecule has 1 fully saturated rings. The van der Waals surface area contributed by atoms with Crippen LogP contribution in [0.5, 0.6) is 0 Å². The van der Waals surface area contributed by atoms with Gasteiger partial charge in [0.1, 0.15) is 0 Å².